The second-order valence-corrected chi connectivity index (χ2v) is 6.70. The zero-order valence-corrected chi connectivity index (χ0v) is 15.5. The molecule has 0 saturated carbocycles. The number of nitrogens with one attached hydrogen (secondary N) is 1. The van der Waals surface area contributed by atoms with Crippen LogP contribution in [0.1, 0.15) is 12.0 Å². The van der Waals surface area contributed by atoms with Crippen molar-refractivity contribution in [2.24, 2.45) is 0 Å². The standard InChI is InChI=1S/C23H22N2O3/c26-22(11-13-27-19-8-2-1-3-9-19)25-16-20-14-17-6-4-10-21(23(17)28-20)18-7-5-12-24-15-18/h1-10,12,15,20H,11,13-14,16H2,(H,25,26)/t20-/m0/s1. The van der Waals surface area contributed by atoms with Crippen molar-refractivity contribution in [3.63, 3.8) is 0 Å². The van der Waals surface area contributed by atoms with Gasteiger partial charge in [-0.25, -0.2) is 0 Å². The smallest absolute Gasteiger partial charge is 0.223 e. The van der Waals surface area contributed by atoms with E-state index in [4.69, 9.17) is 9.47 Å². The third-order valence-corrected chi connectivity index (χ3v) is 4.67. The maximum Gasteiger partial charge on any atom is 0.223 e. The van der Waals surface area contributed by atoms with E-state index in [2.05, 4.69) is 16.4 Å². The molecule has 0 aliphatic carbocycles. The summed E-state index contributed by atoms with van der Waals surface area (Å²) >= 11 is 0. The summed E-state index contributed by atoms with van der Waals surface area (Å²) in [6.45, 7) is 0.831. The van der Waals surface area contributed by atoms with Crippen LogP contribution in [0.15, 0.2) is 73.1 Å². The molecule has 142 valence electrons. The summed E-state index contributed by atoms with van der Waals surface area (Å²) in [5.74, 6) is 1.62. The van der Waals surface area contributed by atoms with Gasteiger partial charge in [-0.2, -0.15) is 0 Å². The van der Waals surface area contributed by atoms with Crippen molar-refractivity contribution in [3.05, 3.63) is 78.6 Å². The predicted octanol–water partition coefficient (Wildman–Crippen LogP) is 3.64. The SMILES string of the molecule is O=C(CCOc1ccccc1)NC[C@@H]1Cc2cccc(-c3cccnc3)c2O1. The fourth-order valence-electron chi connectivity index (χ4n) is 3.30. The third kappa shape index (κ3) is 4.31. The van der Waals surface area contributed by atoms with Gasteiger partial charge in [0.25, 0.3) is 0 Å². The van der Waals surface area contributed by atoms with Gasteiger partial charge >= 0.3 is 0 Å². The molecule has 1 atom stereocenters. The number of pyridine rings is 1. The van der Waals surface area contributed by atoms with Crippen LogP contribution in [0.5, 0.6) is 11.5 Å². The lowest BCUT2D eigenvalue weighted by Crippen LogP contribution is -2.35. The van der Waals surface area contributed by atoms with E-state index in [9.17, 15) is 4.79 Å². The summed E-state index contributed by atoms with van der Waals surface area (Å²) < 4.78 is 11.7. The summed E-state index contributed by atoms with van der Waals surface area (Å²) in [5, 5.41) is 2.95. The van der Waals surface area contributed by atoms with E-state index >= 15 is 0 Å². The second-order valence-electron chi connectivity index (χ2n) is 6.70. The molecule has 0 saturated heterocycles. The number of fused-ring (bicyclic) bond motifs is 1. The van der Waals surface area contributed by atoms with E-state index in [0.717, 1.165) is 34.6 Å². The molecule has 5 nitrogen and oxygen atoms in total. The summed E-state index contributed by atoms with van der Waals surface area (Å²) in [6.07, 6.45) is 4.63. The van der Waals surface area contributed by atoms with E-state index in [1.807, 2.05) is 60.8 Å². The van der Waals surface area contributed by atoms with E-state index in [1.165, 1.54) is 0 Å². The number of hydrogen-bond acceptors (Lipinski definition) is 4. The Balaban J connectivity index is 1.28. The molecule has 4 rings (SSSR count). The van der Waals surface area contributed by atoms with Crippen molar-refractivity contribution in [3.8, 4) is 22.6 Å². The number of ether oxygens (including phenoxy) is 2. The van der Waals surface area contributed by atoms with Gasteiger partial charge in [-0.3, -0.25) is 9.78 Å². The molecular formula is C23H22N2O3. The van der Waals surface area contributed by atoms with Gasteiger partial charge in [-0.05, 0) is 23.8 Å². The van der Waals surface area contributed by atoms with Crippen LogP contribution in [-0.4, -0.2) is 30.1 Å². The molecule has 0 fully saturated rings. The first-order valence-corrected chi connectivity index (χ1v) is 9.43. The normalized spacial score (nSPS) is 14.8. The molecule has 3 aromatic rings. The lowest BCUT2D eigenvalue weighted by Gasteiger charge is -2.14. The Morgan fingerprint density at radius 3 is 2.82 bits per heavy atom. The highest BCUT2D eigenvalue weighted by Gasteiger charge is 2.26. The molecule has 0 bridgehead atoms. The number of aromatic nitrogens is 1. The molecule has 0 radical (unpaired) electrons. The summed E-state index contributed by atoms with van der Waals surface area (Å²) in [6, 6.07) is 19.6. The minimum atomic E-state index is -0.0631. The first-order chi connectivity index (χ1) is 13.8. The van der Waals surface area contributed by atoms with Crippen molar-refractivity contribution >= 4 is 5.91 Å². The number of amides is 1. The number of rotatable bonds is 7. The summed E-state index contributed by atoms with van der Waals surface area (Å²) in [5.41, 5.74) is 3.23. The average Bonchev–Trinajstić information content (AvgIpc) is 3.17. The van der Waals surface area contributed by atoms with Crippen molar-refractivity contribution in [1.29, 1.82) is 0 Å². The third-order valence-electron chi connectivity index (χ3n) is 4.67. The van der Waals surface area contributed by atoms with Gasteiger partial charge in [-0.15, -0.1) is 0 Å². The van der Waals surface area contributed by atoms with E-state index in [1.54, 1.807) is 6.20 Å². The van der Waals surface area contributed by atoms with Gasteiger partial charge < -0.3 is 14.8 Å². The zero-order chi connectivity index (χ0) is 19.2. The molecule has 28 heavy (non-hydrogen) atoms. The van der Waals surface area contributed by atoms with Crippen LogP contribution in [0.2, 0.25) is 0 Å². The minimum Gasteiger partial charge on any atom is -0.493 e. The predicted molar refractivity (Wildman–Crippen MR) is 107 cm³/mol. The molecule has 1 aliphatic heterocycles. The van der Waals surface area contributed by atoms with E-state index in [0.29, 0.717) is 19.6 Å². The Labute approximate surface area is 164 Å². The fourth-order valence-corrected chi connectivity index (χ4v) is 3.30. The Bertz CT molecular complexity index is 929. The molecular weight excluding hydrogens is 352 g/mol. The molecule has 0 unspecified atom stereocenters. The number of nitrogens with zero attached hydrogens (tertiary/aromatic N) is 1. The van der Waals surface area contributed by atoms with Gasteiger partial charge in [0.2, 0.25) is 5.91 Å². The lowest BCUT2D eigenvalue weighted by atomic mass is 10.0. The molecule has 2 heterocycles. The Hall–Kier alpha value is -3.34. The monoisotopic (exact) mass is 374 g/mol. The van der Waals surface area contributed by atoms with E-state index in [-0.39, 0.29) is 12.0 Å². The van der Waals surface area contributed by atoms with Crippen molar-refractivity contribution in [2.75, 3.05) is 13.2 Å². The molecule has 5 heteroatoms. The molecule has 1 N–H and O–H groups in total. The van der Waals surface area contributed by atoms with Crippen molar-refractivity contribution < 1.29 is 14.3 Å². The van der Waals surface area contributed by atoms with Crippen LogP contribution in [0.3, 0.4) is 0 Å². The number of carbonyl (C=O) groups excluding carboxylic acids is 1. The Kier molecular flexibility index (Phi) is 5.52. The molecule has 1 amide bonds. The van der Waals surface area contributed by atoms with Crippen molar-refractivity contribution in [2.45, 2.75) is 18.9 Å². The molecule has 1 aromatic heterocycles. The molecule has 0 spiro atoms. The average molecular weight is 374 g/mol. The first-order valence-electron chi connectivity index (χ1n) is 9.43. The number of carbonyl (C=O) groups is 1. The highest BCUT2D eigenvalue weighted by atomic mass is 16.5. The lowest BCUT2D eigenvalue weighted by molar-refractivity contribution is -0.121. The summed E-state index contributed by atoms with van der Waals surface area (Å²) in [7, 11) is 0. The summed E-state index contributed by atoms with van der Waals surface area (Å²) in [4.78, 5) is 16.3. The van der Waals surface area contributed by atoms with Crippen LogP contribution < -0.4 is 14.8 Å². The highest BCUT2D eigenvalue weighted by molar-refractivity contribution is 5.76. The van der Waals surface area contributed by atoms with Gasteiger partial charge in [0.1, 0.15) is 17.6 Å². The maximum absolute atomic E-state index is 12.1. The van der Waals surface area contributed by atoms with Crippen LogP contribution in [0.4, 0.5) is 0 Å². The van der Waals surface area contributed by atoms with Crippen LogP contribution >= 0.6 is 0 Å². The Morgan fingerprint density at radius 1 is 1.11 bits per heavy atom. The Morgan fingerprint density at radius 2 is 2.00 bits per heavy atom. The van der Waals surface area contributed by atoms with Crippen LogP contribution in [0.25, 0.3) is 11.1 Å². The topological polar surface area (TPSA) is 60.5 Å². The van der Waals surface area contributed by atoms with Crippen LogP contribution in [0, 0.1) is 0 Å². The maximum atomic E-state index is 12.1. The largest absolute Gasteiger partial charge is 0.493 e. The van der Waals surface area contributed by atoms with E-state index < -0.39 is 0 Å². The van der Waals surface area contributed by atoms with Gasteiger partial charge in [0.05, 0.1) is 19.6 Å². The van der Waals surface area contributed by atoms with Crippen molar-refractivity contribution in [1.82, 2.24) is 10.3 Å². The fraction of sp³-hybridized carbons (Fsp3) is 0.217. The molecule has 1 aliphatic rings. The van der Waals surface area contributed by atoms with Crippen LogP contribution in [-0.2, 0) is 11.2 Å². The minimum absolute atomic E-state index is 0.0389. The van der Waals surface area contributed by atoms with Gasteiger partial charge in [0, 0.05) is 29.9 Å². The van der Waals surface area contributed by atoms with Gasteiger partial charge in [-0.1, -0.05) is 42.5 Å². The zero-order valence-electron chi connectivity index (χ0n) is 15.5. The van der Waals surface area contributed by atoms with Gasteiger partial charge in [0.15, 0.2) is 0 Å². The number of hydrogen-bond donors (Lipinski definition) is 1. The number of benzene rings is 2. The molecule has 2 aromatic carbocycles. The first kappa shape index (κ1) is 18.0. The quantitative estimate of drug-likeness (QED) is 0.686. The number of para-hydroxylation sites is 2. The second kappa shape index (κ2) is 8.57. The highest BCUT2D eigenvalue weighted by Crippen LogP contribution is 2.38.